The summed E-state index contributed by atoms with van der Waals surface area (Å²) in [7, 11) is 0. The molecule has 0 saturated carbocycles. The van der Waals surface area contributed by atoms with Crippen LogP contribution in [0.5, 0.6) is 0 Å². The molecular weight excluding hydrogens is 339 g/mol. The third kappa shape index (κ3) is 7.48. The van der Waals surface area contributed by atoms with Gasteiger partial charge in [0.2, 0.25) is 0 Å². The maximum atomic E-state index is 12.5. The number of aliphatic imine (C=N–C) groups is 1. The first kappa shape index (κ1) is 20.7. The molecule has 0 spiro atoms. The lowest BCUT2D eigenvalue weighted by Crippen LogP contribution is -2.38. The lowest BCUT2D eigenvalue weighted by Gasteiger charge is -2.18. The first-order chi connectivity index (χ1) is 11.4. The largest absolute Gasteiger partial charge is 0.434 e. The Morgan fingerprint density at radius 1 is 1.25 bits per heavy atom. The highest BCUT2D eigenvalue weighted by Crippen LogP contribution is 2.30. The van der Waals surface area contributed by atoms with Crippen molar-refractivity contribution in [1.29, 1.82) is 0 Å². The van der Waals surface area contributed by atoms with Gasteiger partial charge < -0.3 is 15.5 Å². The van der Waals surface area contributed by atoms with Crippen LogP contribution in [-0.4, -0.2) is 48.6 Å². The van der Waals surface area contributed by atoms with Gasteiger partial charge in [-0.2, -0.15) is 13.2 Å². The predicted molar refractivity (Wildman–Crippen MR) is 92.3 cm³/mol. The van der Waals surface area contributed by atoms with Crippen LogP contribution in [-0.2, 0) is 12.7 Å². The maximum absolute atomic E-state index is 12.5. The summed E-state index contributed by atoms with van der Waals surface area (Å²) in [5.41, 5.74) is -0.852. The van der Waals surface area contributed by atoms with Crippen LogP contribution in [0.1, 0.15) is 37.9 Å². The molecule has 1 rings (SSSR count). The number of rotatable bonds is 9. The van der Waals surface area contributed by atoms with Gasteiger partial charge >= 0.3 is 6.18 Å². The Balaban J connectivity index is 2.49. The normalized spacial score (nSPS) is 12.7. The quantitative estimate of drug-likeness (QED) is 0.401. The van der Waals surface area contributed by atoms with Crippen molar-refractivity contribution in [1.82, 2.24) is 20.5 Å². The Hall–Kier alpha value is -1.35. The third-order valence-electron chi connectivity index (χ3n) is 3.40. The molecule has 0 atom stereocenters. The summed E-state index contributed by atoms with van der Waals surface area (Å²) in [5, 5.41) is 7.66. The average molecular weight is 365 g/mol. The topological polar surface area (TPSA) is 52.6 Å². The summed E-state index contributed by atoms with van der Waals surface area (Å²) in [5.74, 6) is 0.598. The molecule has 0 unspecified atom stereocenters. The molecule has 2 N–H and O–H groups in total. The van der Waals surface area contributed by atoms with Gasteiger partial charge in [0.15, 0.2) is 11.7 Å². The van der Waals surface area contributed by atoms with Crippen molar-refractivity contribution >= 4 is 17.3 Å². The van der Waals surface area contributed by atoms with Crippen molar-refractivity contribution in [3.8, 4) is 0 Å². The summed E-state index contributed by atoms with van der Waals surface area (Å²) in [6.07, 6.45) is -3.42. The number of hydrogen-bond donors (Lipinski definition) is 2. The van der Waals surface area contributed by atoms with Gasteiger partial charge in [0.25, 0.3) is 0 Å². The van der Waals surface area contributed by atoms with Gasteiger partial charge in [0.05, 0.1) is 6.54 Å². The number of hydrogen-bond acceptors (Lipinski definition) is 4. The zero-order chi connectivity index (χ0) is 18.0. The van der Waals surface area contributed by atoms with E-state index < -0.39 is 11.9 Å². The van der Waals surface area contributed by atoms with Crippen molar-refractivity contribution in [2.45, 2.75) is 39.9 Å². The average Bonchev–Trinajstić information content (AvgIpc) is 3.02. The van der Waals surface area contributed by atoms with E-state index in [1.54, 1.807) is 0 Å². The van der Waals surface area contributed by atoms with E-state index in [-0.39, 0.29) is 6.54 Å². The van der Waals surface area contributed by atoms with Gasteiger partial charge in [-0.3, -0.25) is 0 Å². The number of thiazole rings is 1. The molecule has 0 aromatic carbocycles. The molecule has 0 aliphatic rings. The number of guanidine groups is 1. The Labute approximate surface area is 145 Å². The highest BCUT2D eigenvalue weighted by Gasteiger charge is 2.33. The SMILES string of the molecule is CCNC(=NCc1nc(C(F)(F)F)cs1)NCCCN(CC)CC. The minimum Gasteiger partial charge on any atom is -0.357 e. The second-order valence-electron chi connectivity index (χ2n) is 5.13. The van der Waals surface area contributed by atoms with E-state index >= 15 is 0 Å². The molecule has 0 amide bonds. The van der Waals surface area contributed by atoms with Gasteiger partial charge in [0, 0.05) is 18.5 Å². The van der Waals surface area contributed by atoms with E-state index in [4.69, 9.17) is 0 Å². The second-order valence-corrected chi connectivity index (χ2v) is 6.07. The lowest BCUT2D eigenvalue weighted by atomic mass is 10.3. The number of aromatic nitrogens is 1. The van der Waals surface area contributed by atoms with Crippen molar-refractivity contribution in [2.75, 3.05) is 32.7 Å². The standard InChI is InChI=1S/C15H26F3N5S/c1-4-19-14(20-8-7-9-23(5-2)6-3)21-10-13-22-12(11-24-13)15(16,17)18/h11H,4-10H2,1-3H3,(H2,19,20,21). The van der Waals surface area contributed by atoms with Gasteiger partial charge in [0.1, 0.15) is 5.01 Å². The van der Waals surface area contributed by atoms with Gasteiger partial charge in [-0.05, 0) is 33.0 Å². The molecular formula is C15H26F3N5S. The van der Waals surface area contributed by atoms with Gasteiger partial charge in [-0.1, -0.05) is 13.8 Å². The first-order valence-electron chi connectivity index (χ1n) is 8.16. The minimum atomic E-state index is -4.40. The molecule has 0 radical (unpaired) electrons. The fraction of sp³-hybridized carbons (Fsp3) is 0.733. The van der Waals surface area contributed by atoms with Crippen LogP contribution in [0.2, 0.25) is 0 Å². The van der Waals surface area contributed by atoms with E-state index in [0.717, 1.165) is 49.3 Å². The summed E-state index contributed by atoms with van der Waals surface area (Å²) in [4.78, 5) is 10.2. The fourth-order valence-corrected chi connectivity index (χ4v) is 2.78. The predicted octanol–water partition coefficient (Wildman–Crippen LogP) is 2.95. The third-order valence-corrected chi connectivity index (χ3v) is 4.23. The number of halogens is 3. The lowest BCUT2D eigenvalue weighted by molar-refractivity contribution is -0.140. The second kappa shape index (κ2) is 10.5. The number of alkyl halides is 3. The summed E-state index contributed by atoms with van der Waals surface area (Å²) in [6, 6.07) is 0. The summed E-state index contributed by atoms with van der Waals surface area (Å²) >= 11 is 0.974. The van der Waals surface area contributed by atoms with Crippen molar-refractivity contribution in [3.63, 3.8) is 0 Å². The van der Waals surface area contributed by atoms with Crippen molar-refractivity contribution in [3.05, 3.63) is 16.1 Å². The van der Waals surface area contributed by atoms with Crippen LogP contribution in [0.3, 0.4) is 0 Å². The minimum absolute atomic E-state index is 0.131. The smallest absolute Gasteiger partial charge is 0.357 e. The molecule has 138 valence electrons. The molecule has 24 heavy (non-hydrogen) atoms. The molecule has 0 fully saturated rings. The maximum Gasteiger partial charge on any atom is 0.434 e. The Morgan fingerprint density at radius 2 is 1.96 bits per heavy atom. The Bertz CT molecular complexity index is 498. The molecule has 5 nitrogen and oxygen atoms in total. The highest BCUT2D eigenvalue weighted by molar-refractivity contribution is 7.09. The van der Waals surface area contributed by atoms with E-state index in [1.165, 1.54) is 0 Å². The first-order valence-corrected chi connectivity index (χ1v) is 9.04. The number of nitrogens with zero attached hydrogens (tertiary/aromatic N) is 3. The molecule has 1 heterocycles. The van der Waals surface area contributed by atoms with Crippen molar-refractivity contribution < 1.29 is 13.2 Å². The van der Waals surface area contributed by atoms with Crippen LogP contribution < -0.4 is 10.6 Å². The van der Waals surface area contributed by atoms with E-state index in [0.29, 0.717) is 17.5 Å². The zero-order valence-electron chi connectivity index (χ0n) is 14.4. The molecule has 0 saturated heterocycles. The van der Waals surface area contributed by atoms with Crippen molar-refractivity contribution in [2.24, 2.45) is 4.99 Å². The van der Waals surface area contributed by atoms with E-state index in [1.807, 2.05) is 6.92 Å². The fourth-order valence-electron chi connectivity index (χ4n) is 2.05. The molecule has 0 aliphatic heterocycles. The van der Waals surface area contributed by atoms with Crippen LogP contribution in [0.25, 0.3) is 0 Å². The zero-order valence-corrected chi connectivity index (χ0v) is 15.2. The van der Waals surface area contributed by atoms with Gasteiger partial charge in [-0.15, -0.1) is 11.3 Å². The van der Waals surface area contributed by atoms with E-state index in [2.05, 4.69) is 39.4 Å². The summed E-state index contributed by atoms with van der Waals surface area (Å²) in [6.45, 7) is 10.8. The van der Waals surface area contributed by atoms with Crippen LogP contribution in [0.4, 0.5) is 13.2 Å². The molecule has 1 aromatic rings. The number of nitrogens with one attached hydrogen (secondary N) is 2. The van der Waals surface area contributed by atoms with Gasteiger partial charge in [-0.25, -0.2) is 9.98 Å². The van der Waals surface area contributed by atoms with Crippen LogP contribution in [0, 0.1) is 0 Å². The Kier molecular flexibility index (Phi) is 9.05. The monoisotopic (exact) mass is 365 g/mol. The highest BCUT2D eigenvalue weighted by atomic mass is 32.1. The molecule has 0 aliphatic carbocycles. The van der Waals surface area contributed by atoms with E-state index in [9.17, 15) is 13.2 Å². The molecule has 1 aromatic heterocycles. The molecule has 9 heteroatoms. The van der Waals surface area contributed by atoms with Crippen LogP contribution >= 0.6 is 11.3 Å². The van der Waals surface area contributed by atoms with Crippen LogP contribution in [0.15, 0.2) is 10.4 Å². The Morgan fingerprint density at radius 3 is 2.50 bits per heavy atom. The molecule has 0 bridgehead atoms. The summed E-state index contributed by atoms with van der Waals surface area (Å²) < 4.78 is 37.6.